The van der Waals surface area contributed by atoms with Gasteiger partial charge in [-0.25, -0.2) is 9.78 Å². The average molecular weight is 314 g/mol. The molecule has 0 aliphatic heterocycles. The minimum Gasteiger partial charge on any atom is -0.465 e. The smallest absolute Gasteiger partial charge is 0.404 e. The summed E-state index contributed by atoms with van der Waals surface area (Å²) in [6, 6.07) is 4.36. The summed E-state index contributed by atoms with van der Waals surface area (Å²) in [5.74, 6) is 0.868. The highest BCUT2D eigenvalue weighted by Crippen LogP contribution is 2.22. The van der Waals surface area contributed by atoms with Crippen LogP contribution in [0.3, 0.4) is 0 Å². The van der Waals surface area contributed by atoms with Crippen molar-refractivity contribution in [3.63, 3.8) is 0 Å². The predicted octanol–water partition coefficient (Wildman–Crippen LogP) is 2.83. The third-order valence-electron chi connectivity index (χ3n) is 3.13. The van der Waals surface area contributed by atoms with Crippen molar-refractivity contribution in [3.05, 3.63) is 22.8 Å². The molecule has 5 nitrogen and oxygen atoms in total. The molecular weight excluding hydrogens is 298 g/mol. The van der Waals surface area contributed by atoms with Crippen molar-refractivity contribution in [3.8, 4) is 0 Å². The maximum atomic E-state index is 10.5. The van der Waals surface area contributed by atoms with Crippen LogP contribution in [0.1, 0.15) is 25.7 Å². The molecule has 0 radical (unpaired) electrons. The van der Waals surface area contributed by atoms with Crippen molar-refractivity contribution in [2.75, 3.05) is 5.32 Å². The number of hydrogen-bond acceptors (Lipinski definition) is 3. The predicted molar refractivity (Wildman–Crippen MR) is 72.8 cm³/mol. The van der Waals surface area contributed by atoms with E-state index < -0.39 is 6.09 Å². The van der Waals surface area contributed by atoms with Crippen molar-refractivity contribution in [2.24, 2.45) is 0 Å². The number of nitrogens with one attached hydrogen (secondary N) is 2. The molecule has 0 bridgehead atoms. The van der Waals surface area contributed by atoms with Crippen LogP contribution in [0, 0.1) is 0 Å². The number of rotatable bonds is 3. The van der Waals surface area contributed by atoms with Gasteiger partial charge in [0.15, 0.2) is 0 Å². The average Bonchev–Trinajstić information content (AvgIpc) is 2.34. The van der Waals surface area contributed by atoms with E-state index in [1.807, 2.05) is 12.1 Å². The zero-order valence-electron chi connectivity index (χ0n) is 9.90. The molecule has 0 saturated heterocycles. The number of carbonyl (C=O) groups is 1. The number of pyridine rings is 1. The van der Waals surface area contributed by atoms with Gasteiger partial charge in [0.05, 0.1) is 0 Å². The van der Waals surface area contributed by atoms with Crippen LogP contribution in [0.5, 0.6) is 0 Å². The van der Waals surface area contributed by atoms with E-state index in [1.54, 1.807) is 6.20 Å². The van der Waals surface area contributed by atoms with E-state index >= 15 is 0 Å². The Kier molecular flexibility index (Phi) is 4.41. The van der Waals surface area contributed by atoms with Crippen LogP contribution in [0.2, 0.25) is 0 Å². The third-order valence-corrected chi connectivity index (χ3v) is 3.60. The molecule has 1 aliphatic rings. The molecule has 0 atom stereocenters. The molecular formula is C12H16BrN3O2. The quantitative estimate of drug-likeness (QED) is 0.802. The molecule has 6 heteroatoms. The van der Waals surface area contributed by atoms with E-state index in [9.17, 15) is 4.79 Å². The Hall–Kier alpha value is -1.30. The van der Waals surface area contributed by atoms with Gasteiger partial charge in [0.2, 0.25) is 0 Å². The maximum Gasteiger partial charge on any atom is 0.404 e. The molecule has 0 unspecified atom stereocenters. The van der Waals surface area contributed by atoms with Gasteiger partial charge in [-0.3, -0.25) is 0 Å². The highest BCUT2D eigenvalue weighted by Gasteiger charge is 2.22. The summed E-state index contributed by atoms with van der Waals surface area (Å²) >= 11 is 3.35. The van der Waals surface area contributed by atoms with E-state index in [-0.39, 0.29) is 6.04 Å². The minimum atomic E-state index is -0.930. The highest BCUT2D eigenvalue weighted by atomic mass is 79.9. The monoisotopic (exact) mass is 313 g/mol. The summed E-state index contributed by atoms with van der Waals surface area (Å²) in [7, 11) is 0. The number of hydrogen-bond donors (Lipinski definition) is 3. The fraction of sp³-hybridized carbons (Fsp3) is 0.500. The van der Waals surface area contributed by atoms with Crippen LogP contribution < -0.4 is 10.6 Å². The van der Waals surface area contributed by atoms with Gasteiger partial charge in [0.25, 0.3) is 0 Å². The van der Waals surface area contributed by atoms with Crippen molar-refractivity contribution in [1.29, 1.82) is 0 Å². The maximum absolute atomic E-state index is 10.5. The lowest BCUT2D eigenvalue weighted by molar-refractivity contribution is 0.185. The van der Waals surface area contributed by atoms with Crippen molar-refractivity contribution in [1.82, 2.24) is 10.3 Å². The van der Waals surface area contributed by atoms with Crippen LogP contribution in [-0.2, 0) is 0 Å². The van der Waals surface area contributed by atoms with E-state index in [2.05, 4.69) is 31.5 Å². The zero-order chi connectivity index (χ0) is 13.0. The van der Waals surface area contributed by atoms with Gasteiger partial charge in [-0.2, -0.15) is 0 Å². The molecule has 1 fully saturated rings. The van der Waals surface area contributed by atoms with Crippen LogP contribution in [0.4, 0.5) is 10.6 Å². The molecule has 1 saturated carbocycles. The number of amides is 1. The third kappa shape index (κ3) is 3.87. The Morgan fingerprint density at radius 1 is 1.28 bits per heavy atom. The first-order valence-corrected chi connectivity index (χ1v) is 6.80. The Morgan fingerprint density at radius 3 is 2.50 bits per heavy atom. The topological polar surface area (TPSA) is 74.2 Å². The fourth-order valence-corrected chi connectivity index (χ4v) is 2.46. The molecule has 1 aromatic rings. The normalized spacial score (nSPS) is 23.4. The van der Waals surface area contributed by atoms with Crippen molar-refractivity contribution >= 4 is 27.8 Å². The summed E-state index contributed by atoms with van der Waals surface area (Å²) < 4.78 is 0.961. The molecule has 98 valence electrons. The molecule has 1 amide bonds. The largest absolute Gasteiger partial charge is 0.465 e. The second-order valence-electron chi connectivity index (χ2n) is 4.50. The number of carboxylic acid groups (broad SMARTS) is 1. The number of anilines is 1. The first-order chi connectivity index (χ1) is 8.63. The number of halogens is 1. The van der Waals surface area contributed by atoms with E-state index in [0.29, 0.717) is 6.04 Å². The number of aromatic nitrogens is 1. The Balaban J connectivity index is 1.79. The molecule has 18 heavy (non-hydrogen) atoms. The van der Waals surface area contributed by atoms with E-state index in [0.717, 1.165) is 36.0 Å². The van der Waals surface area contributed by atoms with Crippen molar-refractivity contribution in [2.45, 2.75) is 37.8 Å². The van der Waals surface area contributed by atoms with Gasteiger partial charge in [0, 0.05) is 22.8 Å². The standard InChI is InChI=1S/C12H16BrN3O2/c13-8-1-6-11(14-7-8)15-9-2-4-10(5-3-9)16-12(17)18/h1,6-7,9-10,16H,2-5H2,(H,14,15)(H,17,18)/t9-,10-. The Bertz CT molecular complexity index is 402. The minimum absolute atomic E-state index is 0.0958. The van der Waals surface area contributed by atoms with E-state index in [1.165, 1.54) is 0 Å². The molecule has 3 N–H and O–H groups in total. The molecule has 1 heterocycles. The lowest BCUT2D eigenvalue weighted by Gasteiger charge is -2.29. The molecule has 1 aromatic heterocycles. The van der Waals surface area contributed by atoms with Crippen molar-refractivity contribution < 1.29 is 9.90 Å². The second-order valence-corrected chi connectivity index (χ2v) is 5.42. The van der Waals surface area contributed by atoms with Crippen LogP contribution in [0.15, 0.2) is 22.8 Å². The summed E-state index contributed by atoms with van der Waals surface area (Å²) in [4.78, 5) is 14.8. The summed E-state index contributed by atoms with van der Waals surface area (Å²) in [6.07, 6.45) is 4.51. The Morgan fingerprint density at radius 2 is 1.94 bits per heavy atom. The molecule has 1 aliphatic carbocycles. The van der Waals surface area contributed by atoms with Gasteiger partial charge < -0.3 is 15.7 Å². The van der Waals surface area contributed by atoms with Gasteiger partial charge in [-0.05, 0) is 53.7 Å². The molecule has 0 aromatic carbocycles. The first-order valence-electron chi connectivity index (χ1n) is 6.01. The van der Waals surface area contributed by atoms with Gasteiger partial charge in [-0.1, -0.05) is 0 Å². The molecule has 2 rings (SSSR count). The van der Waals surface area contributed by atoms with Crippen LogP contribution in [-0.4, -0.2) is 28.3 Å². The SMILES string of the molecule is O=C(O)N[C@H]1CC[C@H](Nc2ccc(Br)cn2)CC1. The summed E-state index contributed by atoms with van der Waals surface area (Å²) in [5, 5.41) is 14.6. The second kappa shape index (κ2) is 6.04. The van der Waals surface area contributed by atoms with Gasteiger partial charge in [0.1, 0.15) is 5.82 Å². The highest BCUT2D eigenvalue weighted by molar-refractivity contribution is 9.10. The lowest BCUT2D eigenvalue weighted by Crippen LogP contribution is -2.39. The van der Waals surface area contributed by atoms with E-state index in [4.69, 9.17) is 5.11 Å². The summed E-state index contributed by atoms with van der Waals surface area (Å²) in [5.41, 5.74) is 0. The fourth-order valence-electron chi connectivity index (χ4n) is 2.23. The lowest BCUT2D eigenvalue weighted by atomic mass is 9.91. The van der Waals surface area contributed by atoms with Crippen LogP contribution in [0.25, 0.3) is 0 Å². The first kappa shape index (κ1) is 13.1. The Labute approximate surface area is 114 Å². The van der Waals surface area contributed by atoms with Gasteiger partial charge in [-0.15, -0.1) is 0 Å². The molecule has 0 spiro atoms. The van der Waals surface area contributed by atoms with Gasteiger partial charge >= 0.3 is 6.09 Å². The van der Waals surface area contributed by atoms with Crippen LogP contribution >= 0.6 is 15.9 Å². The number of nitrogens with zero attached hydrogens (tertiary/aromatic N) is 1. The zero-order valence-corrected chi connectivity index (χ0v) is 11.5. The summed E-state index contributed by atoms with van der Waals surface area (Å²) in [6.45, 7) is 0.